The molecule has 27 heavy (non-hydrogen) atoms. The summed E-state index contributed by atoms with van der Waals surface area (Å²) in [5, 5.41) is 4.22. The maximum atomic E-state index is 5.57. The molecule has 4 nitrogen and oxygen atoms in total. The Morgan fingerprint density at radius 3 is 2.48 bits per heavy atom. The number of aryl methyl sites for hydroxylation is 2. The number of hydrogen-bond acceptors (Lipinski definition) is 2. The first kappa shape index (κ1) is 17.7. The first-order valence-electron chi connectivity index (χ1n) is 9.18. The third-order valence-electron chi connectivity index (χ3n) is 5.48. The quantitative estimate of drug-likeness (QED) is 0.687. The highest BCUT2D eigenvalue weighted by molar-refractivity contribution is 7.80. The van der Waals surface area contributed by atoms with Crippen molar-refractivity contribution < 1.29 is 0 Å². The van der Waals surface area contributed by atoms with Crippen LogP contribution >= 0.6 is 12.2 Å². The number of aromatic nitrogens is 2. The number of thiocarbonyl (C=S) groups is 1. The van der Waals surface area contributed by atoms with Crippen molar-refractivity contribution >= 4 is 17.3 Å². The summed E-state index contributed by atoms with van der Waals surface area (Å²) < 4.78 is 2.34. The zero-order chi connectivity index (χ0) is 19.1. The summed E-state index contributed by atoms with van der Waals surface area (Å²) in [6.45, 7) is 6.52. The van der Waals surface area contributed by atoms with Gasteiger partial charge in [0.1, 0.15) is 0 Å². The third kappa shape index (κ3) is 2.92. The molecule has 1 fully saturated rings. The Hall–Kier alpha value is -2.66. The molecule has 1 aliphatic heterocycles. The van der Waals surface area contributed by atoms with Crippen LogP contribution in [0.25, 0.3) is 5.69 Å². The van der Waals surface area contributed by atoms with Gasteiger partial charge < -0.3 is 14.8 Å². The van der Waals surface area contributed by atoms with Crippen LogP contribution in [0.2, 0.25) is 0 Å². The standard InChI is InChI=1S/C22H24N4S/c1-14-9-5-6-11-19(14)26-15(2)13-17(16(26)3)21-20(24-22(27)25(21)4)18-10-7-8-12-23-18/h5-13,20-21H,1-4H3,(H,24,27)/t20-,21+/m1/s1. The molecule has 0 aliphatic carbocycles. The smallest absolute Gasteiger partial charge is 0.169 e. The van der Waals surface area contributed by atoms with Crippen molar-refractivity contribution in [3.8, 4) is 5.69 Å². The fourth-order valence-corrected chi connectivity index (χ4v) is 4.36. The molecule has 138 valence electrons. The molecular weight excluding hydrogens is 352 g/mol. The second-order valence-electron chi connectivity index (χ2n) is 7.19. The Balaban J connectivity index is 1.84. The molecule has 3 heterocycles. The second-order valence-corrected chi connectivity index (χ2v) is 7.57. The third-order valence-corrected chi connectivity index (χ3v) is 5.89. The van der Waals surface area contributed by atoms with Crippen LogP contribution in [0.5, 0.6) is 0 Å². The van der Waals surface area contributed by atoms with Gasteiger partial charge in [0.05, 0.1) is 17.8 Å². The van der Waals surface area contributed by atoms with Crippen molar-refractivity contribution in [2.24, 2.45) is 0 Å². The number of rotatable bonds is 3. The number of likely N-dealkylation sites (N-methyl/N-ethyl adjacent to an activating group) is 1. The predicted octanol–water partition coefficient (Wildman–Crippen LogP) is 4.40. The van der Waals surface area contributed by atoms with Crippen LogP contribution in [-0.4, -0.2) is 26.6 Å². The summed E-state index contributed by atoms with van der Waals surface area (Å²) in [5.41, 5.74) is 7.25. The first-order valence-corrected chi connectivity index (χ1v) is 9.59. The van der Waals surface area contributed by atoms with Crippen LogP contribution in [0, 0.1) is 20.8 Å². The summed E-state index contributed by atoms with van der Waals surface area (Å²) in [4.78, 5) is 6.73. The number of benzene rings is 1. The van der Waals surface area contributed by atoms with E-state index in [2.05, 4.69) is 84.0 Å². The van der Waals surface area contributed by atoms with Gasteiger partial charge in [0.2, 0.25) is 0 Å². The molecule has 0 bridgehead atoms. The maximum absolute atomic E-state index is 5.57. The Bertz CT molecular complexity index is 993. The Morgan fingerprint density at radius 1 is 1.04 bits per heavy atom. The van der Waals surface area contributed by atoms with Crippen LogP contribution < -0.4 is 5.32 Å². The van der Waals surface area contributed by atoms with E-state index in [4.69, 9.17) is 12.2 Å². The number of para-hydroxylation sites is 1. The highest BCUT2D eigenvalue weighted by Gasteiger charge is 2.39. The predicted molar refractivity (Wildman–Crippen MR) is 113 cm³/mol. The fourth-order valence-electron chi connectivity index (χ4n) is 4.12. The van der Waals surface area contributed by atoms with Crippen LogP contribution in [-0.2, 0) is 0 Å². The van der Waals surface area contributed by atoms with Crippen LogP contribution in [0.4, 0.5) is 0 Å². The van der Waals surface area contributed by atoms with E-state index in [0.29, 0.717) is 0 Å². The number of nitrogens with zero attached hydrogens (tertiary/aromatic N) is 3. The molecule has 0 saturated carbocycles. The molecule has 0 spiro atoms. The maximum Gasteiger partial charge on any atom is 0.169 e. The number of pyridine rings is 1. The average Bonchev–Trinajstić information content (AvgIpc) is 3.12. The molecule has 5 heteroatoms. The van der Waals surface area contributed by atoms with E-state index in [1.807, 2.05) is 18.3 Å². The normalized spacial score (nSPS) is 19.4. The van der Waals surface area contributed by atoms with Gasteiger partial charge in [0, 0.05) is 30.3 Å². The van der Waals surface area contributed by atoms with Gasteiger partial charge in [0.25, 0.3) is 0 Å². The van der Waals surface area contributed by atoms with Crippen molar-refractivity contribution in [2.75, 3.05) is 7.05 Å². The van der Waals surface area contributed by atoms with Gasteiger partial charge in [-0.25, -0.2) is 0 Å². The van der Waals surface area contributed by atoms with Gasteiger partial charge in [-0.05, 0) is 68.4 Å². The number of nitrogens with one attached hydrogen (secondary N) is 1. The van der Waals surface area contributed by atoms with E-state index < -0.39 is 0 Å². The van der Waals surface area contributed by atoms with Gasteiger partial charge in [-0.15, -0.1) is 0 Å². The van der Waals surface area contributed by atoms with Crippen molar-refractivity contribution in [1.82, 2.24) is 19.8 Å². The van der Waals surface area contributed by atoms with E-state index >= 15 is 0 Å². The highest BCUT2D eigenvalue weighted by Crippen LogP contribution is 2.40. The van der Waals surface area contributed by atoms with Crippen LogP contribution in [0.3, 0.4) is 0 Å². The van der Waals surface area contributed by atoms with E-state index in [-0.39, 0.29) is 12.1 Å². The fraction of sp³-hybridized carbons (Fsp3) is 0.273. The Labute approximate surface area is 165 Å². The Kier molecular flexibility index (Phi) is 4.48. The minimum atomic E-state index is 0.0366. The molecule has 0 unspecified atom stereocenters. The minimum absolute atomic E-state index is 0.0366. The van der Waals surface area contributed by atoms with Crippen molar-refractivity contribution in [3.63, 3.8) is 0 Å². The summed E-state index contributed by atoms with van der Waals surface area (Å²) in [6.07, 6.45) is 1.84. The molecule has 2 atom stereocenters. The lowest BCUT2D eigenvalue weighted by Gasteiger charge is -2.24. The zero-order valence-electron chi connectivity index (χ0n) is 16.1. The van der Waals surface area contributed by atoms with Gasteiger partial charge in [0.15, 0.2) is 5.11 Å². The Morgan fingerprint density at radius 2 is 1.78 bits per heavy atom. The monoisotopic (exact) mass is 376 g/mol. The lowest BCUT2D eigenvalue weighted by atomic mass is 9.97. The summed E-state index contributed by atoms with van der Waals surface area (Å²) >= 11 is 5.57. The number of hydrogen-bond donors (Lipinski definition) is 1. The molecule has 2 aromatic heterocycles. The molecule has 1 aromatic carbocycles. The van der Waals surface area contributed by atoms with Gasteiger partial charge in [-0.2, -0.15) is 0 Å². The van der Waals surface area contributed by atoms with Gasteiger partial charge in [-0.1, -0.05) is 24.3 Å². The minimum Gasteiger partial charge on any atom is -0.352 e. The van der Waals surface area contributed by atoms with E-state index in [1.165, 1.54) is 28.2 Å². The van der Waals surface area contributed by atoms with E-state index in [1.54, 1.807) is 0 Å². The molecule has 0 radical (unpaired) electrons. The zero-order valence-corrected chi connectivity index (χ0v) is 16.9. The molecular formula is C22H24N4S. The average molecular weight is 377 g/mol. The molecule has 3 aromatic rings. The lowest BCUT2D eigenvalue weighted by Crippen LogP contribution is -2.25. The van der Waals surface area contributed by atoms with Crippen molar-refractivity contribution in [3.05, 3.63) is 82.9 Å². The van der Waals surface area contributed by atoms with Gasteiger partial charge >= 0.3 is 0 Å². The molecule has 1 N–H and O–H groups in total. The van der Waals surface area contributed by atoms with Crippen molar-refractivity contribution in [2.45, 2.75) is 32.9 Å². The summed E-state index contributed by atoms with van der Waals surface area (Å²) in [5.74, 6) is 0. The van der Waals surface area contributed by atoms with Crippen molar-refractivity contribution in [1.29, 1.82) is 0 Å². The summed E-state index contributed by atoms with van der Waals surface area (Å²) in [6, 6.07) is 17.0. The van der Waals surface area contributed by atoms with E-state index in [0.717, 1.165) is 10.8 Å². The molecule has 1 aliphatic rings. The van der Waals surface area contributed by atoms with Gasteiger partial charge in [-0.3, -0.25) is 4.98 Å². The SMILES string of the molecule is Cc1ccccc1-n1c(C)cc([C@H]2[C@@H](c3ccccn3)NC(=S)N2C)c1C. The lowest BCUT2D eigenvalue weighted by molar-refractivity contribution is 0.367. The molecule has 4 rings (SSSR count). The van der Waals surface area contributed by atoms with Crippen LogP contribution in [0.15, 0.2) is 54.7 Å². The van der Waals surface area contributed by atoms with E-state index in [9.17, 15) is 0 Å². The summed E-state index contributed by atoms with van der Waals surface area (Å²) in [7, 11) is 2.06. The molecule has 1 saturated heterocycles. The largest absolute Gasteiger partial charge is 0.352 e. The van der Waals surface area contributed by atoms with Crippen LogP contribution in [0.1, 0.15) is 40.3 Å². The second kappa shape index (κ2) is 6.82. The molecule has 0 amide bonds. The highest BCUT2D eigenvalue weighted by atomic mass is 32.1. The first-order chi connectivity index (χ1) is 13.0. The topological polar surface area (TPSA) is 33.1 Å².